The molecular weight excluding hydrogens is 286 g/mol. The smallest absolute Gasteiger partial charge is 0.328 e. The third kappa shape index (κ3) is 4.31. The molecule has 2 amide bonds. The van der Waals surface area contributed by atoms with Crippen LogP contribution in [0.2, 0.25) is 0 Å². The molecule has 1 rings (SSSR count). The topological polar surface area (TPSA) is 151 Å². The molecule has 0 radical (unpaired) electrons. The molecule has 0 unspecified atom stereocenters. The van der Waals surface area contributed by atoms with Crippen molar-refractivity contribution in [1.82, 2.24) is 5.32 Å². The lowest BCUT2D eigenvalue weighted by Crippen LogP contribution is -2.45. The third-order valence-corrected chi connectivity index (χ3v) is 2.42. The molecule has 114 valence electrons. The zero-order valence-corrected chi connectivity index (χ0v) is 10.9. The number of hydrogen-bond donors (Lipinski definition) is 4. The number of nitrogens with one attached hydrogen (secondary N) is 2. The van der Waals surface area contributed by atoms with Gasteiger partial charge in [-0.25, -0.2) is 9.59 Å². The Morgan fingerprint density at radius 1 is 1.48 bits per heavy atom. The van der Waals surface area contributed by atoms with E-state index in [4.69, 9.17) is 14.9 Å². The van der Waals surface area contributed by atoms with Crippen LogP contribution >= 0.6 is 0 Å². The van der Waals surface area contributed by atoms with E-state index in [0.29, 0.717) is 0 Å². The van der Waals surface area contributed by atoms with Crippen LogP contribution in [0.15, 0.2) is 18.2 Å². The predicted octanol–water partition coefficient (Wildman–Crippen LogP) is 0.170. The molecule has 1 aromatic carbocycles. The maximum atomic E-state index is 11.5. The minimum atomic E-state index is -1.47. The molecule has 0 aliphatic heterocycles. The van der Waals surface area contributed by atoms with Gasteiger partial charge in [-0.3, -0.25) is 10.1 Å². The zero-order chi connectivity index (χ0) is 16.0. The highest BCUT2D eigenvalue weighted by atomic mass is 16.6. The van der Waals surface area contributed by atoms with Crippen molar-refractivity contribution >= 4 is 23.4 Å². The number of nitro benzene ring substituents is 1. The highest BCUT2D eigenvalue weighted by molar-refractivity contribution is 5.92. The van der Waals surface area contributed by atoms with Gasteiger partial charge >= 0.3 is 17.7 Å². The number of methoxy groups -OCH3 is 1. The number of anilines is 1. The van der Waals surface area contributed by atoms with Gasteiger partial charge in [0.2, 0.25) is 0 Å². The van der Waals surface area contributed by atoms with Gasteiger partial charge in [-0.2, -0.15) is 0 Å². The van der Waals surface area contributed by atoms with Crippen LogP contribution in [0.1, 0.15) is 0 Å². The quantitative estimate of drug-likeness (QED) is 0.431. The summed E-state index contributed by atoms with van der Waals surface area (Å²) in [5, 5.41) is 32.5. The predicted molar refractivity (Wildman–Crippen MR) is 70.3 cm³/mol. The molecule has 0 aliphatic carbocycles. The minimum absolute atomic E-state index is 0.0183. The molecule has 0 aromatic heterocycles. The largest absolute Gasteiger partial charge is 0.490 e. The molecule has 10 heteroatoms. The Kier molecular flexibility index (Phi) is 5.43. The van der Waals surface area contributed by atoms with E-state index in [1.54, 1.807) is 0 Å². The monoisotopic (exact) mass is 299 g/mol. The van der Waals surface area contributed by atoms with Gasteiger partial charge < -0.3 is 25.6 Å². The maximum absolute atomic E-state index is 11.5. The molecule has 1 aromatic rings. The number of carbonyl (C=O) groups is 2. The summed E-state index contributed by atoms with van der Waals surface area (Å²) in [6, 6.07) is 1.30. The first kappa shape index (κ1) is 16.2. The van der Waals surface area contributed by atoms with Gasteiger partial charge in [-0.15, -0.1) is 0 Å². The zero-order valence-electron chi connectivity index (χ0n) is 10.9. The van der Waals surface area contributed by atoms with Gasteiger partial charge in [0.1, 0.15) is 0 Å². The number of nitrogens with zero attached hydrogens (tertiary/aromatic N) is 1. The van der Waals surface area contributed by atoms with Crippen molar-refractivity contribution in [3.05, 3.63) is 28.3 Å². The van der Waals surface area contributed by atoms with Crippen LogP contribution in [-0.2, 0) is 4.79 Å². The number of hydrogen-bond acceptors (Lipinski definition) is 6. The molecule has 1 atom stereocenters. The number of aliphatic hydroxyl groups excluding tert-OH is 1. The van der Waals surface area contributed by atoms with Gasteiger partial charge in [0, 0.05) is 11.8 Å². The lowest BCUT2D eigenvalue weighted by atomic mass is 10.2. The average molecular weight is 299 g/mol. The van der Waals surface area contributed by atoms with E-state index in [9.17, 15) is 19.7 Å². The van der Waals surface area contributed by atoms with Crippen LogP contribution in [-0.4, -0.2) is 46.9 Å². The summed E-state index contributed by atoms with van der Waals surface area (Å²) in [7, 11) is 1.26. The van der Waals surface area contributed by atoms with Gasteiger partial charge in [-0.05, 0) is 12.1 Å². The second-order valence-corrected chi connectivity index (χ2v) is 3.82. The number of carboxylic acid groups (broad SMARTS) is 1. The van der Waals surface area contributed by atoms with E-state index in [1.807, 2.05) is 5.32 Å². The highest BCUT2D eigenvalue weighted by Gasteiger charge is 2.20. The van der Waals surface area contributed by atoms with Crippen molar-refractivity contribution < 1.29 is 29.5 Å². The van der Waals surface area contributed by atoms with Crippen molar-refractivity contribution in [3.8, 4) is 5.75 Å². The second kappa shape index (κ2) is 7.05. The van der Waals surface area contributed by atoms with Crippen molar-refractivity contribution in [2.45, 2.75) is 6.04 Å². The molecule has 10 nitrogen and oxygen atoms in total. The molecule has 0 fully saturated rings. The first-order chi connectivity index (χ1) is 9.88. The molecule has 21 heavy (non-hydrogen) atoms. The van der Waals surface area contributed by atoms with Crippen molar-refractivity contribution in [3.63, 3.8) is 0 Å². The summed E-state index contributed by atoms with van der Waals surface area (Å²) in [5.41, 5.74) is -0.283. The summed E-state index contributed by atoms with van der Waals surface area (Å²) in [6.07, 6.45) is 0. The first-order valence-electron chi connectivity index (χ1n) is 5.62. The summed E-state index contributed by atoms with van der Waals surface area (Å²) >= 11 is 0. The number of aliphatic hydroxyl groups is 1. The third-order valence-electron chi connectivity index (χ3n) is 2.42. The van der Waals surface area contributed by atoms with Gasteiger partial charge in [0.05, 0.1) is 18.6 Å². The van der Waals surface area contributed by atoms with E-state index in [2.05, 4.69) is 5.32 Å². The average Bonchev–Trinajstić information content (AvgIpc) is 2.44. The van der Waals surface area contributed by atoms with Crippen molar-refractivity contribution in [2.24, 2.45) is 0 Å². The lowest BCUT2D eigenvalue weighted by molar-refractivity contribution is -0.385. The maximum Gasteiger partial charge on any atom is 0.328 e. The Bertz CT molecular complexity index is 561. The number of nitro groups is 1. The van der Waals surface area contributed by atoms with Crippen molar-refractivity contribution in [1.29, 1.82) is 0 Å². The summed E-state index contributed by atoms with van der Waals surface area (Å²) in [6.45, 7) is -0.786. The van der Waals surface area contributed by atoms with Gasteiger partial charge in [0.15, 0.2) is 11.8 Å². The van der Waals surface area contributed by atoms with E-state index in [-0.39, 0.29) is 17.1 Å². The van der Waals surface area contributed by atoms with Crippen LogP contribution in [0.4, 0.5) is 16.2 Å². The van der Waals surface area contributed by atoms with E-state index in [1.165, 1.54) is 19.2 Å². The standard InChI is InChI=1S/C11H13N3O7/c1-21-9-3-2-6(4-8(9)14(19)20)12-11(18)13-7(5-15)10(16)17/h2-4,7,15H,5H2,1H3,(H,16,17)(H2,12,13,18)/t7-/m1/s1. The van der Waals surface area contributed by atoms with Crippen LogP contribution < -0.4 is 15.4 Å². The number of aliphatic carboxylic acids is 1. The molecule has 4 N–H and O–H groups in total. The number of ether oxygens (including phenoxy) is 1. The number of carboxylic acids is 1. The molecular formula is C11H13N3O7. The normalized spacial score (nSPS) is 11.3. The minimum Gasteiger partial charge on any atom is -0.490 e. The Labute approximate surface area is 118 Å². The number of urea groups is 1. The highest BCUT2D eigenvalue weighted by Crippen LogP contribution is 2.29. The fourth-order valence-corrected chi connectivity index (χ4v) is 1.42. The molecule has 0 spiro atoms. The summed E-state index contributed by atoms with van der Waals surface area (Å²) in [4.78, 5) is 32.3. The lowest BCUT2D eigenvalue weighted by Gasteiger charge is -2.12. The number of carbonyl (C=O) groups excluding carboxylic acids is 1. The Morgan fingerprint density at radius 3 is 2.62 bits per heavy atom. The van der Waals surface area contributed by atoms with Crippen LogP contribution in [0, 0.1) is 10.1 Å². The van der Waals surface area contributed by atoms with E-state index < -0.39 is 29.6 Å². The number of rotatable bonds is 6. The number of benzene rings is 1. The van der Waals surface area contributed by atoms with E-state index >= 15 is 0 Å². The Hall–Kier alpha value is -2.88. The molecule has 0 heterocycles. The first-order valence-corrected chi connectivity index (χ1v) is 5.62. The van der Waals surface area contributed by atoms with Crippen LogP contribution in [0.25, 0.3) is 0 Å². The molecule has 0 saturated carbocycles. The Balaban J connectivity index is 2.83. The van der Waals surface area contributed by atoms with Gasteiger partial charge in [0.25, 0.3) is 0 Å². The molecule has 0 saturated heterocycles. The second-order valence-electron chi connectivity index (χ2n) is 3.82. The fraction of sp³-hybridized carbons (Fsp3) is 0.273. The number of amides is 2. The molecule has 0 aliphatic rings. The van der Waals surface area contributed by atoms with Crippen LogP contribution in [0.5, 0.6) is 5.75 Å². The van der Waals surface area contributed by atoms with Crippen molar-refractivity contribution in [2.75, 3.05) is 19.0 Å². The summed E-state index contributed by atoms with van der Waals surface area (Å²) in [5.74, 6) is -1.39. The van der Waals surface area contributed by atoms with E-state index in [0.717, 1.165) is 6.07 Å². The Morgan fingerprint density at radius 2 is 2.14 bits per heavy atom. The van der Waals surface area contributed by atoms with Crippen LogP contribution in [0.3, 0.4) is 0 Å². The van der Waals surface area contributed by atoms with Gasteiger partial charge in [-0.1, -0.05) is 0 Å². The molecule has 0 bridgehead atoms. The fourth-order valence-electron chi connectivity index (χ4n) is 1.42. The summed E-state index contributed by atoms with van der Waals surface area (Å²) < 4.78 is 4.80. The SMILES string of the molecule is COc1ccc(NC(=O)N[C@H](CO)C(=O)O)cc1[N+](=O)[O-].